The van der Waals surface area contributed by atoms with Crippen molar-refractivity contribution < 1.29 is 0 Å². The first kappa shape index (κ1) is 6.10. The van der Waals surface area contributed by atoms with Gasteiger partial charge in [-0.15, -0.1) is 6.42 Å². The third-order valence-electron chi connectivity index (χ3n) is 0.469. The molecule has 0 unspecified atom stereocenters. The van der Waals surface area contributed by atoms with Gasteiger partial charge in [0.2, 0.25) is 0 Å². The quantitative estimate of drug-likeness (QED) is 0.433. The van der Waals surface area contributed by atoms with Gasteiger partial charge in [0.05, 0.1) is 0 Å². The normalized spacial score (nSPS) is 8.71. The molecule has 0 radical (unpaired) electrons. The van der Waals surface area contributed by atoms with Crippen molar-refractivity contribution in [2.45, 2.75) is 0 Å². The summed E-state index contributed by atoms with van der Waals surface area (Å²) in [6.45, 7) is 0. The highest BCUT2D eigenvalue weighted by Gasteiger charge is 1.67. The minimum absolute atomic E-state index is 1.65. The first-order valence-corrected chi connectivity index (χ1v) is 2.06. The van der Waals surface area contributed by atoms with Crippen molar-refractivity contribution in [3.63, 3.8) is 0 Å². The Hall–Kier alpha value is -0.900. The Morgan fingerprint density at radius 2 is 2.14 bits per heavy atom. The Kier molecular flexibility index (Phi) is 2.87. The van der Waals surface area contributed by atoms with Crippen LogP contribution >= 0.6 is 0 Å². The lowest BCUT2D eigenvalue weighted by Gasteiger charge is -1.99. The number of rotatable bonds is 1. The van der Waals surface area contributed by atoms with Crippen molar-refractivity contribution in [3.8, 4) is 12.3 Å². The summed E-state index contributed by atoms with van der Waals surface area (Å²) in [4.78, 5) is 1.89. The molecule has 0 bridgehead atoms. The monoisotopic (exact) mass is 95.1 g/mol. The van der Waals surface area contributed by atoms with Gasteiger partial charge in [-0.25, -0.2) is 0 Å². The van der Waals surface area contributed by atoms with E-state index in [1.54, 1.807) is 6.08 Å². The molecule has 7 heavy (non-hydrogen) atoms. The molecule has 38 valence electrons. The Balaban J connectivity index is 3.31. The van der Waals surface area contributed by atoms with Crippen molar-refractivity contribution in [1.29, 1.82) is 0 Å². The van der Waals surface area contributed by atoms with Gasteiger partial charge in [-0.2, -0.15) is 0 Å². The predicted molar refractivity (Wildman–Crippen MR) is 31.7 cm³/mol. The van der Waals surface area contributed by atoms with Gasteiger partial charge in [-0.1, -0.05) is 5.92 Å². The summed E-state index contributed by atoms with van der Waals surface area (Å²) in [6, 6.07) is 0. The topological polar surface area (TPSA) is 3.24 Å². The number of nitrogens with zero attached hydrogens (tertiary/aromatic N) is 1. The summed E-state index contributed by atoms with van der Waals surface area (Å²) in [6.07, 6.45) is 8.39. The molecule has 0 aromatic carbocycles. The predicted octanol–water partition coefficient (Wildman–Crippen LogP) is 0.695. The molecule has 0 aromatic rings. The summed E-state index contributed by atoms with van der Waals surface area (Å²) >= 11 is 0. The van der Waals surface area contributed by atoms with Gasteiger partial charge < -0.3 is 4.90 Å². The van der Waals surface area contributed by atoms with E-state index >= 15 is 0 Å². The lowest BCUT2D eigenvalue weighted by atomic mass is 10.6. The van der Waals surface area contributed by atoms with Gasteiger partial charge in [0.25, 0.3) is 0 Å². The first-order valence-electron chi connectivity index (χ1n) is 2.06. The van der Waals surface area contributed by atoms with Gasteiger partial charge in [-0.3, -0.25) is 0 Å². The van der Waals surface area contributed by atoms with Crippen LogP contribution in [0.3, 0.4) is 0 Å². The summed E-state index contributed by atoms with van der Waals surface area (Å²) in [5.41, 5.74) is 0. The molecule has 0 atom stereocenters. The zero-order valence-electron chi connectivity index (χ0n) is 4.68. The maximum absolute atomic E-state index is 4.91. The highest BCUT2D eigenvalue weighted by atomic mass is 15.0. The first-order chi connectivity index (χ1) is 3.27. The van der Waals surface area contributed by atoms with Crippen LogP contribution in [0.2, 0.25) is 0 Å². The van der Waals surface area contributed by atoms with Crippen molar-refractivity contribution in [2.24, 2.45) is 0 Å². The second-order valence-electron chi connectivity index (χ2n) is 1.45. The Morgan fingerprint density at radius 3 is 2.29 bits per heavy atom. The van der Waals surface area contributed by atoms with E-state index in [1.807, 2.05) is 25.2 Å². The number of terminal acetylenes is 1. The molecule has 0 amide bonds. The highest BCUT2D eigenvalue weighted by Crippen LogP contribution is 1.72. The summed E-state index contributed by atoms with van der Waals surface area (Å²) in [5, 5.41) is 0. The van der Waals surface area contributed by atoms with Crippen LogP contribution in [0.15, 0.2) is 12.3 Å². The van der Waals surface area contributed by atoms with Crippen LogP contribution in [0.1, 0.15) is 0 Å². The maximum Gasteiger partial charge on any atom is 0.00697 e. The smallest absolute Gasteiger partial charge is 0.00697 e. The molecule has 0 N–H and O–H groups in total. The maximum atomic E-state index is 4.91. The molecule has 0 aliphatic carbocycles. The number of hydrogen-bond acceptors (Lipinski definition) is 1. The second-order valence-corrected chi connectivity index (χ2v) is 1.45. The average Bonchev–Trinajstić information content (AvgIpc) is 1.61. The van der Waals surface area contributed by atoms with E-state index in [0.717, 1.165) is 0 Å². The fourth-order valence-electron chi connectivity index (χ4n) is 0.192. The SMILES string of the molecule is C#CC=CN(C)C. The van der Waals surface area contributed by atoms with E-state index in [4.69, 9.17) is 6.42 Å². The van der Waals surface area contributed by atoms with Crippen LogP contribution in [0, 0.1) is 12.3 Å². The van der Waals surface area contributed by atoms with Gasteiger partial charge in [0.15, 0.2) is 0 Å². The van der Waals surface area contributed by atoms with E-state index < -0.39 is 0 Å². The van der Waals surface area contributed by atoms with Gasteiger partial charge >= 0.3 is 0 Å². The molecule has 1 nitrogen and oxygen atoms in total. The van der Waals surface area contributed by atoms with Gasteiger partial charge in [0, 0.05) is 26.4 Å². The molecule has 1 heteroatoms. The zero-order valence-corrected chi connectivity index (χ0v) is 4.68. The van der Waals surface area contributed by atoms with Crippen LogP contribution < -0.4 is 0 Å². The number of allylic oxidation sites excluding steroid dienone is 1. The molecule has 0 saturated heterocycles. The molecule has 0 aliphatic heterocycles. The third-order valence-corrected chi connectivity index (χ3v) is 0.469. The van der Waals surface area contributed by atoms with Crippen LogP contribution in [0.25, 0.3) is 0 Å². The minimum atomic E-state index is 1.65. The molecule has 0 aromatic heterocycles. The van der Waals surface area contributed by atoms with E-state index in [9.17, 15) is 0 Å². The summed E-state index contributed by atoms with van der Waals surface area (Å²) < 4.78 is 0. The highest BCUT2D eigenvalue weighted by molar-refractivity contribution is 5.07. The Bertz CT molecular complexity index is 95.2. The molecular weight excluding hydrogens is 86.1 g/mol. The van der Waals surface area contributed by atoms with Crippen LogP contribution in [-0.2, 0) is 0 Å². The molecule has 0 saturated carbocycles. The van der Waals surface area contributed by atoms with Crippen molar-refractivity contribution in [1.82, 2.24) is 4.90 Å². The Labute approximate surface area is 44.6 Å². The Morgan fingerprint density at radius 1 is 1.57 bits per heavy atom. The molecule has 0 aliphatic rings. The molecule has 0 spiro atoms. The van der Waals surface area contributed by atoms with Crippen molar-refractivity contribution in [2.75, 3.05) is 14.1 Å². The lowest BCUT2D eigenvalue weighted by Crippen LogP contribution is -1.99. The zero-order chi connectivity index (χ0) is 5.70. The average molecular weight is 95.1 g/mol. The fraction of sp³-hybridized carbons (Fsp3) is 0.333. The van der Waals surface area contributed by atoms with E-state index in [0.29, 0.717) is 0 Å². The molecule has 0 rings (SSSR count). The van der Waals surface area contributed by atoms with Crippen molar-refractivity contribution in [3.05, 3.63) is 12.3 Å². The summed E-state index contributed by atoms with van der Waals surface area (Å²) in [7, 11) is 3.85. The van der Waals surface area contributed by atoms with Gasteiger partial charge in [-0.05, 0) is 0 Å². The molecule has 0 fully saturated rings. The standard InChI is InChI=1S/C6H9N/c1-4-5-6-7(2)3/h1,5-6H,2-3H3. The largest absolute Gasteiger partial charge is 0.383 e. The fourth-order valence-corrected chi connectivity index (χ4v) is 0.192. The second kappa shape index (κ2) is 3.30. The lowest BCUT2D eigenvalue weighted by molar-refractivity contribution is 0.564. The van der Waals surface area contributed by atoms with Crippen LogP contribution in [0.5, 0.6) is 0 Å². The minimum Gasteiger partial charge on any atom is -0.383 e. The number of hydrogen-bond donors (Lipinski definition) is 0. The van der Waals surface area contributed by atoms with Crippen molar-refractivity contribution >= 4 is 0 Å². The summed E-state index contributed by atoms with van der Waals surface area (Å²) in [5.74, 6) is 2.38. The van der Waals surface area contributed by atoms with Crippen LogP contribution in [0.4, 0.5) is 0 Å². The van der Waals surface area contributed by atoms with E-state index in [1.165, 1.54) is 0 Å². The van der Waals surface area contributed by atoms with Gasteiger partial charge in [0.1, 0.15) is 0 Å². The third kappa shape index (κ3) is 5.10. The van der Waals surface area contributed by atoms with E-state index in [2.05, 4.69) is 5.92 Å². The van der Waals surface area contributed by atoms with E-state index in [-0.39, 0.29) is 0 Å². The molecule has 0 heterocycles. The van der Waals surface area contributed by atoms with Crippen LogP contribution in [-0.4, -0.2) is 19.0 Å². The molecular formula is C6H9N.